The highest BCUT2D eigenvalue weighted by Gasteiger charge is 2.16. The number of rotatable bonds is 2. The smallest absolute Gasteiger partial charge is 0.129 e. The van der Waals surface area contributed by atoms with Crippen molar-refractivity contribution in [3.8, 4) is 0 Å². The van der Waals surface area contributed by atoms with E-state index in [9.17, 15) is 5.11 Å². The highest BCUT2D eigenvalue weighted by Crippen LogP contribution is 2.28. The highest BCUT2D eigenvalue weighted by molar-refractivity contribution is 5.47. The van der Waals surface area contributed by atoms with Crippen LogP contribution in [0.1, 0.15) is 28.4 Å². The van der Waals surface area contributed by atoms with Crippen molar-refractivity contribution in [1.82, 2.24) is 4.98 Å². The van der Waals surface area contributed by atoms with Gasteiger partial charge in [-0.05, 0) is 36.6 Å². The molecule has 2 rings (SSSR count). The fourth-order valence-electron chi connectivity index (χ4n) is 1.90. The average molecular weight is 228 g/mol. The monoisotopic (exact) mass is 228 g/mol. The quantitative estimate of drug-likeness (QED) is 0.829. The molecule has 17 heavy (non-hydrogen) atoms. The van der Waals surface area contributed by atoms with Gasteiger partial charge in [0.25, 0.3) is 0 Å². The number of nitrogens with two attached hydrogens (primary N) is 1. The normalized spacial score (nSPS) is 12.4. The lowest BCUT2D eigenvalue weighted by Gasteiger charge is -2.16. The lowest BCUT2D eigenvalue weighted by molar-refractivity contribution is 0.220. The van der Waals surface area contributed by atoms with Gasteiger partial charge in [0.15, 0.2) is 0 Å². The molecule has 0 radical (unpaired) electrons. The summed E-state index contributed by atoms with van der Waals surface area (Å²) in [6, 6.07) is 9.46. The zero-order valence-electron chi connectivity index (χ0n) is 10.0. The second-order valence-corrected chi connectivity index (χ2v) is 4.17. The summed E-state index contributed by atoms with van der Waals surface area (Å²) in [4.78, 5) is 4.00. The number of hydrogen-bond donors (Lipinski definition) is 2. The molecule has 0 spiro atoms. The van der Waals surface area contributed by atoms with E-state index in [2.05, 4.69) is 4.98 Å². The second-order valence-electron chi connectivity index (χ2n) is 4.17. The molecule has 1 unspecified atom stereocenters. The molecule has 88 valence electrons. The summed E-state index contributed by atoms with van der Waals surface area (Å²) in [5, 5.41) is 10.4. The molecule has 0 amide bonds. The molecule has 1 atom stereocenters. The maximum Gasteiger partial charge on any atom is 0.129 e. The van der Waals surface area contributed by atoms with Crippen molar-refractivity contribution in [3.63, 3.8) is 0 Å². The minimum atomic E-state index is -0.719. The van der Waals surface area contributed by atoms with Crippen LogP contribution in [0.4, 0.5) is 5.82 Å². The van der Waals surface area contributed by atoms with Gasteiger partial charge in [-0.25, -0.2) is 4.98 Å². The van der Waals surface area contributed by atoms with Gasteiger partial charge in [0, 0.05) is 11.8 Å². The van der Waals surface area contributed by atoms with Crippen LogP contribution in [0.3, 0.4) is 0 Å². The Kier molecular flexibility index (Phi) is 3.11. The van der Waals surface area contributed by atoms with Crippen molar-refractivity contribution in [2.24, 2.45) is 0 Å². The molecule has 0 bridgehead atoms. The van der Waals surface area contributed by atoms with Crippen molar-refractivity contribution in [3.05, 3.63) is 58.8 Å². The molecule has 1 heterocycles. The highest BCUT2D eigenvalue weighted by atomic mass is 16.3. The van der Waals surface area contributed by atoms with E-state index < -0.39 is 6.10 Å². The minimum Gasteiger partial charge on any atom is -0.384 e. The summed E-state index contributed by atoms with van der Waals surface area (Å²) in [5.41, 5.74) is 9.55. The Morgan fingerprint density at radius 1 is 1.12 bits per heavy atom. The first-order valence-electron chi connectivity index (χ1n) is 5.56. The first kappa shape index (κ1) is 11.6. The number of hydrogen-bond acceptors (Lipinski definition) is 3. The van der Waals surface area contributed by atoms with Crippen LogP contribution in [0.25, 0.3) is 0 Å². The van der Waals surface area contributed by atoms with E-state index in [1.807, 2.05) is 32.0 Å². The lowest BCUT2D eigenvalue weighted by Crippen LogP contribution is -2.07. The molecule has 0 aliphatic rings. The Hall–Kier alpha value is -1.87. The van der Waals surface area contributed by atoms with Gasteiger partial charge in [0.1, 0.15) is 11.9 Å². The average Bonchev–Trinajstić information content (AvgIpc) is 2.32. The molecular weight excluding hydrogens is 212 g/mol. The van der Waals surface area contributed by atoms with Gasteiger partial charge in [-0.1, -0.05) is 24.3 Å². The summed E-state index contributed by atoms with van der Waals surface area (Å²) in [6.07, 6.45) is 0.901. The topological polar surface area (TPSA) is 59.1 Å². The van der Waals surface area contributed by atoms with Crippen LogP contribution in [0.2, 0.25) is 0 Å². The van der Waals surface area contributed by atoms with Gasteiger partial charge in [-0.2, -0.15) is 0 Å². The van der Waals surface area contributed by atoms with Crippen LogP contribution < -0.4 is 5.73 Å². The zero-order chi connectivity index (χ0) is 12.4. The molecule has 1 aromatic carbocycles. The Bertz CT molecular complexity index is 537. The third kappa shape index (κ3) is 2.15. The zero-order valence-corrected chi connectivity index (χ0v) is 10.0. The summed E-state index contributed by atoms with van der Waals surface area (Å²) < 4.78 is 0. The standard InChI is InChI=1S/C14H16N2O/c1-9-5-3-6-11(10(9)2)13(17)12-7-4-8-16-14(12)15/h3-8,13,17H,1-2H3,(H2,15,16). The fourth-order valence-corrected chi connectivity index (χ4v) is 1.90. The molecule has 0 aliphatic heterocycles. The predicted molar refractivity (Wildman–Crippen MR) is 68.6 cm³/mol. The number of pyridine rings is 1. The Morgan fingerprint density at radius 2 is 1.82 bits per heavy atom. The number of nitrogen functional groups attached to an aromatic ring is 1. The van der Waals surface area contributed by atoms with Crippen molar-refractivity contribution in [1.29, 1.82) is 0 Å². The van der Waals surface area contributed by atoms with Gasteiger partial charge < -0.3 is 10.8 Å². The van der Waals surface area contributed by atoms with Gasteiger partial charge >= 0.3 is 0 Å². The molecule has 0 saturated carbocycles. The molecular formula is C14H16N2O. The second kappa shape index (κ2) is 4.55. The van der Waals surface area contributed by atoms with Crippen LogP contribution in [-0.4, -0.2) is 10.1 Å². The molecule has 0 saturated heterocycles. The van der Waals surface area contributed by atoms with Gasteiger partial charge in [-0.3, -0.25) is 0 Å². The SMILES string of the molecule is Cc1cccc(C(O)c2cccnc2N)c1C. The number of benzene rings is 1. The Morgan fingerprint density at radius 3 is 2.53 bits per heavy atom. The number of aromatic nitrogens is 1. The Balaban J connectivity index is 2.48. The molecule has 3 nitrogen and oxygen atoms in total. The van der Waals surface area contributed by atoms with Gasteiger partial charge in [0.05, 0.1) is 0 Å². The summed E-state index contributed by atoms with van der Waals surface area (Å²) in [6.45, 7) is 4.03. The molecule has 0 fully saturated rings. The number of aliphatic hydroxyl groups is 1. The number of aliphatic hydroxyl groups excluding tert-OH is 1. The third-order valence-electron chi connectivity index (χ3n) is 3.11. The van der Waals surface area contributed by atoms with Crippen LogP contribution in [-0.2, 0) is 0 Å². The van der Waals surface area contributed by atoms with E-state index in [0.717, 1.165) is 16.7 Å². The maximum absolute atomic E-state index is 10.4. The van der Waals surface area contributed by atoms with Crippen LogP contribution in [0, 0.1) is 13.8 Å². The summed E-state index contributed by atoms with van der Waals surface area (Å²) >= 11 is 0. The van der Waals surface area contributed by atoms with Crippen LogP contribution >= 0.6 is 0 Å². The first-order valence-corrected chi connectivity index (χ1v) is 5.56. The molecule has 2 aromatic rings. The van der Waals surface area contributed by atoms with Crippen molar-refractivity contribution < 1.29 is 5.11 Å². The van der Waals surface area contributed by atoms with Crippen molar-refractivity contribution in [2.75, 3.05) is 5.73 Å². The first-order chi connectivity index (χ1) is 8.11. The summed E-state index contributed by atoms with van der Waals surface area (Å²) in [7, 11) is 0. The maximum atomic E-state index is 10.4. The fraction of sp³-hybridized carbons (Fsp3) is 0.214. The van der Waals surface area contributed by atoms with Crippen LogP contribution in [0.15, 0.2) is 36.5 Å². The van der Waals surface area contributed by atoms with Gasteiger partial charge in [-0.15, -0.1) is 0 Å². The van der Waals surface area contributed by atoms with Gasteiger partial charge in [0.2, 0.25) is 0 Å². The largest absolute Gasteiger partial charge is 0.384 e. The third-order valence-corrected chi connectivity index (χ3v) is 3.11. The van der Waals surface area contributed by atoms with E-state index in [1.165, 1.54) is 0 Å². The number of anilines is 1. The van der Waals surface area contributed by atoms with E-state index in [4.69, 9.17) is 5.73 Å². The van der Waals surface area contributed by atoms with Crippen molar-refractivity contribution in [2.45, 2.75) is 20.0 Å². The van der Waals surface area contributed by atoms with E-state index in [1.54, 1.807) is 18.3 Å². The molecule has 3 N–H and O–H groups in total. The van der Waals surface area contributed by atoms with Crippen molar-refractivity contribution >= 4 is 5.82 Å². The Labute approximate surface area is 101 Å². The predicted octanol–water partition coefficient (Wildman–Crippen LogP) is 2.36. The van der Waals surface area contributed by atoms with E-state index in [0.29, 0.717) is 11.4 Å². The minimum absolute atomic E-state index is 0.376. The molecule has 1 aromatic heterocycles. The molecule has 0 aliphatic carbocycles. The molecule has 3 heteroatoms. The van der Waals surface area contributed by atoms with E-state index in [-0.39, 0.29) is 0 Å². The summed E-state index contributed by atoms with van der Waals surface area (Å²) in [5.74, 6) is 0.376. The number of aryl methyl sites for hydroxylation is 1. The van der Waals surface area contributed by atoms with Crippen LogP contribution in [0.5, 0.6) is 0 Å². The lowest BCUT2D eigenvalue weighted by atomic mass is 9.95. The van der Waals surface area contributed by atoms with E-state index >= 15 is 0 Å². The number of nitrogens with zero attached hydrogens (tertiary/aromatic N) is 1.